The molecule has 0 fully saturated rings. The van der Waals surface area contributed by atoms with Crippen LogP contribution in [0.15, 0.2) is 24.3 Å². The average Bonchev–Trinajstić information content (AvgIpc) is 2.34. The van der Waals surface area contributed by atoms with E-state index in [1.807, 2.05) is 31.2 Å². The lowest BCUT2D eigenvalue weighted by atomic mass is 9.98. The van der Waals surface area contributed by atoms with Crippen LogP contribution in [0.4, 0.5) is 0 Å². The molecule has 0 aliphatic carbocycles. The van der Waals surface area contributed by atoms with Crippen molar-refractivity contribution in [3.8, 4) is 11.5 Å². The lowest BCUT2D eigenvalue weighted by Crippen LogP contribution is -2.03. The molecule has 3 heteroatoms. The highest BCUT2D eigenvalue weighted by molar-refractivity contribution is 5.52. The lowest BCUT2D eigenvalue weighted by molar-refractivity contribution is 0.197. The molecule has 0 heterocycles. The van der Waals surface area contributed by atoms with Crippen molar-refractivity contribution in [3.63, 3.8) is 0 Å². The number of aliphatic hydroxyl groups excluding tert-OH is 1. The zero-order valence-electron chi connectivity index (χ0n) is 10.9. The molecule has 17 heavy (non-hydrogen) atoms. The van der Waals surface area contributed by atoms with E-state index in [0.717, 1.165) is 17.5 Å². The smallest absolute Gasteiger partial charge is 0.164 e. The molecule has 0 saturated carbocycles. The number of methoxy groups -OCH3 is 2. The Kier molecular flexibility index (Phi) is 5.04. The lowest BCUT2D eigenvalue weighted by Gasteiger charge is -2.17. The molecule has 0 spiro atoms. The van der Waals surface area contributed by atoms with E-state index in [0.29, 0.717) is 11.5 Å². The SMILES string of the molecule is C/C=C/Cc1c([C@@H](C)O)ccc(OC)c1OC. The molecular formula is C14H20O3. The largest absolute Gasteiger partial charge is 0.493 e. The van der Waals surface area contributed by atoms with Crippen LogP contribution in [0.1, 0.15) is 31.1 Å². The molecule has 1 aromatic carbocycles. The third kappa shape index (κ3) is 3.01. The second kappa shape index (κ2) is 6.30. The van der Waals surface area contributed by atoms with Crippen LogP contribution in [-0.2, 0) is 6.42 Å². The van der Waals surface area contributed by atoms with Gasteiger partial charge in [0.2, 0.25) is 0 Å². The predicted octanol–water partition coefficient (Wildman–Crippen LogP) is 2.88. The van der Waals surface area contributed by atoms with Crippen molar-refractivity contribution in [3.05, 3.63) is 35.4 Å². The van der Waals surface area contributed by atoms with Gasteiger partial charge in [-0.25, -0.2) is 0 Å². The van der Waals surface area contributed by atoms with Crippen LogP contribution in [0, 0.1) is 0 Å². The Morgan fingerprint density at radius 2 is 2.00 bits per heavy atom. The van der Waals surface area contributed by atoms with Gasteiger partial charge in [-0.05, 0) is 31.9 Å². The van der Waals surface area contributed by atoms with Gasteiger partial charge in [-0.3, -0.25) is 0 Å². The molecule has 0 radical (unpaired) electrons. The van der Waals surface area contributed by atoms with E-state index in [2.05, 4.69) is 0 Å². The first-order chi connectivity index (χ1) is 8.15. The fraction of sp³-hybridized carbons (Fsp3) is 0.429. The highest BCUT2D eigenvalue weighted by Gasteiger charge is 2.16. The van der Waals surface area contributed by atoms with E-state index in [-0.39, 0.29) is 0 Å². The van der Waals surface area contributed by atoms with Gasteiger partial charge in [0.05, 0.1) is 20.3 Å². The molecule has 94 valence electrons. The van der Waals surface area contributed by atoms with Gasteiger partial charge in [0.25, 0.3) is 0 Å². The van der Waals surface area contributed by atoms with Crippen molar-refractivity contribution in [2.24, 2.45) is 0 Å². The Labute approximate surface area is 103 Å². The van der Waals surface area contributed by atoms with Crippen molar-refractivity contribution in [1.82, 2.24) is 0 Å². The number of hydrogen-bond acceptors (Lipinski definition) is 3. The van der Waals surface area contributed by atoms with Crippen molar-refractivity contribution < 1.29 is 14.6 Å². The molecule has 0 aliphatic rings. The summed E-state index contributed by atoms with van der Waals surface area (Å²) in [7, 11) is 3.22. The molecule has 1 atom stereocenters. The first kappa shape index (κ1) is 13.6. The Morgan fingerprint density at radius 3 is 2.47 bits per heavy atom. The molecule has 0 aliphatic heterocycles. The second-order valence-corrected chi connectivity index (χ2v) is 3.82. The fourth-order valence-corrected chi connectivity index (χ4v) is 1.84. The second-order valence-electron chi connectivity index (χ2n) is 3.82. The number of benzene rings is 1. The molecule has 0 amide bonds. The first-order valence-electron chi connectivity index (χ1n) is 5.68. The molecule has 1 rings (SSSR count). The molecule has 0 bridgehead atoms. The Morgan fingerprint density at radius 1 is 1.29 bits per heavy atom. The van der Waals surface area contributed by atoms with Crippen LogP contribution in [0.25, 0.3) is 0 Å². The summed E-state index contributed by atoms with van der Waals surface area (Å²) in [4.78, 5) is 0. The number of aliphatic hydroxyl groups is 1. The molecule has 3 nitrogen and oxygen atoms in total. The number of allylic oxidation sites excluding steroid dienone is 2. The summed E-state index contributed by atoms with van der Waals surface area (Å²) in [6.07, 6.45) is 4.21. The van der Waals surface area contributed by atoms with Gasteiger partial charge in [-0.2, -0.15) is 0 Å². The van der Waals surface area contributed by atoms with E-state index >= 15 is 0 Å². The summed E-state index contributed by atoms with van der Waals surface area (Å²) >= 11 is 0. The van der Waals surface area contributed by atoms with Crippen LogP contribution in [0.3, 0.4) is 0 Å². The number of hydrogen-bond donors (Lipinski definition) is 1. The van der Waals surface area contributed by atoms with Gasteiger partial charge < -0.3 is 14.6 Å². The zero-order chi connectivity index (χ0) is 12.8. The molecule has 0 saturated heterocycles. The van der Waals surface area contributed by atoms with Gasteiger partial charge in [-0.1, -0.05) is 18.2 Å². The maximum absolute atomic E-state index is 9.77. The maximum Gasteiger partial charge on any atom is 0.164 e. The zero-order valence-corrected chi connectivity index (χ0v) is 10.9. The number of rotatable bonds is 5. The van der Waals surface area contributed by atoms with Crippen LogP contribution in [0.5, 0.6) is 11.5 Å². The number of ether oxygens (including phenoxy) is 2. The van der Waals surface area contributed by atoms with Crippen LogP contribution in [0.2, 0.25) is 0 Å². The van der Waals surface area contributed by atoms with Crippen molar-refractivity contribution in [1.29, 1.82) is 0 Å². The highest BCUT2D eigenvalue weighted by atomic mass is 16.5. The highest BCUT2D eigenvalue weighted by Crippen LogP contribution is 2.36. The van der Waals surface area contributed by atoms with Crippen molar-refractivity contribution in [2.75, 3.05) is 14.2 Å². The third-order valence-electron chi connectivity index (χ3n) is 2.69. The summed E-state index contributed by atoms with van der Waals surface area (Å²) in [5, 5.41) is 9.77. The van der Waals surface area contributed by atoms with Crippen LogP contribution < -0.4 is 9.47 Å². The standard InChI is InChI=1S/C14H20O3/c1-5-6-7-12-11(10(2)15)8-9-13(16-3)14(12)17-4/h5-6,8-10,15H,7H2,1-4H3/b6-5+/t10-/m1/s1. The van der Waals surface area contributed by atoms with Gasteiger partial charge in [0, 0.05) is 5.56 Å². The fourth-order valence-electron chi connectivity index (χ4n) is 1.84. The van der Waals surface area contributed by atoms with E-state index in [9.17, 15) is 5.11 Å². The van der Waals surface area contributed by atoms with Gasteiger partial charge in [0.15, 0.2) is 11.5 Å². The molecule has 0 unspecified atom stereocenters. The molecule has 0 aromatic heterocycles. The minimum atomic E-state index is -0.518. The van der Waals surface area contributed by atoms with Gasteiger partial charge >= 0.3 is 0 Å². The van der Waals surface area contributed by atoms with Crippen LogP contribution in [-0.4, -0.2) is 19.3 Å². The van der Waals surface area contributed by atoms with E-state index in [1.54, 1.807) is 21.1 Å². The first-order valence-corrected chi connectivity index (χ1v) is 5.68. The molecule has 1 N–H and O–H groups in total. The Hall–Kier alpha value is -1.48. The van der Waals surface area contributed by atoms with Crippen LogP contribution >= 0.6 is 0 Å². The molecule has 1 aromatic rings. The summed E-state index contributed by atoms with van der Waals surface area (Å²) in [5.74, 6) is 1.39. The Balaban J connectivity index is 3.33. The van der Waals surface area contributed by atoms with Crippen molar-refractivity contribution in [2.45, 2.75) is 26.4 Å². The summed E-state index contributed by atoms with van der Waals surface area (Å²) in [5.41, 5.74) is 1.85. The minimum absolute atomic E-state index is 0.518. The molecular weight excluding hydrogens is 216 g/mol. The third-order valence-corrected chi connectivity index (χ3v) is 2.69. The quantitative estimate of drug-likeness (QED) is 0.799. The summed E-state index contributed by atoms with van der Waals surface area (Å²) in [6.45, 7) is 3.72. The average molecular weight is 236 g/mol. The topological polar surface area (TPSA) is 38.7 Å². The van der Waals surface area contributed by atoms with Gasteiger partial charge in [-0.15, -0.1) is 0 Å². The van der Waals surface area contributed by atoms with E-state index < -0.39 is 6.10 Å². The normalized spacial score (nSPS) is 12.8. The van der Waals surface area contributed by atoms with E-state index in [1.165, 1.54) is 0 Å². The minimum Gasteiger partial charge on any atom is -0.493 e. The predicted molar refractivity (Wildman–Crippen MR) is 68.7 cm³/mol. The van der Waals surface area contributed by atoms with E-state index in [4.69, 9.17) is 9.47 Å². The summed E-state index contributed by atoms with van der Waals surface area (Å²) in [6, 6.07) is 3.70. The monoisotopic (exact) mass is 236 g/mol. The maximum atomic E-state index is 9.77. The summed E-state index contributed by atoms with van der Waals surface area (Å²) < 4.78 is 10.6. The van der Waals surface area contributed by atoms with Crippen molar-refractivity contribution >= 4 is 0 Å². The Bertz CT molecular complexity index is 395. The van der Waals surface area contributed by atoms with Gasteiger partial charge in [0.1, 0.15) is 0 Å².